The second-order valence-electron chi connectivity index (χ2n) is 2.80. The molecule has 0 amide bonds. The fourth-order valence-electron chi connectivity index (χ4n) is 1.31. The summed E-state index contributed by atoms with van der Waals surface area (Å²) in [5.74, 6) is 0.988. The van der Waals surface area contributed by atoms with Crippen LogP contribution in [0.2, 0.25) is 0 Å². The number of nitrogens with zero attached hydrogens (tertiary/aromatic N) is 1. The third-order valence-electron chi connectivity index (χ3n) is 2.09. The molecule has 1 aromatic rings. The van der Waals surface area contributed by atoms with Crippen LogP contribution in [-0.2, 0) is 0 Å². The molecule has 0 fully saturated rings. The standard InChI is InChI=1S/C9H11NO/c1-7-10(2)8-5-3-4-6-9(8)11-7/h3-7H,1-2H3/t7-/m1/s1. The Kier molecular flexibility index (Phi) is 1.28. The zero-order valence-corrected chi connectivity index (χ0v) is 6.74. The number of hydrogen-bond acceptors (Lipinski definition) is 2. The number of hydrogen-bond donors (Lipinski definition) is 0. The zero-order chi connectivity index (χ0) is 7.84. The van der Waals surface area contributed by atoms with E-state index in [0.29, 0.717) is 0 Å². The highest BCUT2D eigenvalue weighted by Gasteiger charge is 2.22. The van der Waals surface area contributed by atoms with Crippen molar-refractivity contribution in [3.63, 3.8) is 0 Å². The van der Waals surface area contributed by atoms with Gasteiger partial charge in [0.1, 0.15) is 5.75 Å². The molecule has 11 heavy (non-hydrogen) atoms. The average molecular weight is 149 g/mol. The van der Waals surface area contributed by atoms with E-state index in [0.717, 1.165) is 5.75 Å². The third-order valence-corrected chi connectivity index (χ3v) is 2.09. The van der Waals surface area contributed by atoms with Crippen LogP contribution in [0.5, 0.6) is 5.75 Å². The highest BCUT2D eigenvalue weighted by molar-refractivity contribution is 5.61. The summed E-state index contributed by atoms with van der Waals surface area (Å²) in [6, 6.07) is 8.08. The summed E-state index contributed by atoms with van der Waals surface area (Å²) in [5.41, 5.74) is 1.18. The second kappa shape index (κ2) is 2.16. The minimum atomic E-state index is 0.174. The van der Waals surface area contributed by atoms with Gasteiger partial charge in [-0.2, -0.15) is 0 Å². The zero-order valence-electron chi connectivity index (χ0n) is 6.74. The number of para-hydroxylation sites is 2. The molecule has 1 atom stereocenters. The van der Waals surface area contributed by atoms with Gasteiger partial charge in [-0.05, 0) is 19.1 Å². The Labute approximate surface area is 66.4 Å². The van der Waals surface area contributed by atoms with Crippen molar-refractivity contribution in [3.8, 4) is 5.75 Å². The Bertz CT molecular complexity index is 272. The maximum Gasteiger partial charge on any atom is 0.169 e. The van der Waals surface area contributed by atoms with Crippen LogP contribution in [-0.4, -0.2) is 13.3 Å². The second-order valence-corrected chi connectivity index (χ2v) is 2.80. The Balaban J connectivity index is 2.47. The van der Waals surface area contributed by atoms with E-state index in [4.69, 9.17) is 4.74 Å². The summed E-state index contributed by atoms with van der Waals surface area (Å²) in [5, 5.41) is 0. The van der Waals surface area contributed by atoms with E-state index in [-0.39, 0.29) is 6.23 Å². The summed E-state index contributed by atoms with van der Waals surface area (Å²) < 4.78 is 5.54. The smallest absolute Gasteiger partial charge is 0.169 e. The third kappa shape index (κ3) is 0.862. The van der Waals surface area contributed by atoms with Gasteiger partial charge in [-0.15, -0.1) is 0 Å². The summed E-state index contributed by atoms with van der Waals surface area (Å²) in [6.45, 7) is 2.04. The van der Waals surface area contributed by atoms with Crippen molar-refractivity contribution in [2.75, 3.05) is 11.9 Å². The van der Waals surface area contributed by atoms with Crippen LogP contribution in [0.3, 0.4) is 0 Å². The fourth-order valence-corrected chi connectivity index (χ4v) is 1.31. The van der Waals surface area contributed by atoms with E-state index in [1.54, 1.807) is 0 Å². The molecule has 0 saturated heterocycles. The van der Waals surface area contributed by atoms with Gasteiger partial charge >= 0.3 is 0 Å². The largest absolute Gasteiger partial charge is 0.469 e. The van der Waals surface area contributed by atoms with Gasteiger partial charge in [0.25, 0.3) is 0 Å². The molecular formula is C9H11NO. The molecule has 2 rings (SSSR count). The molecule has 1 heterocycles. The van der Waals surface area contributed by atoms with Crippen molar-refractivity contribution in [1.82, 2.24) is 0 Å². The van der Waals surface area contributed by atoms with Crippen molar-refractivity contribution in [2.24, 2.45) is 0 Å². The van der Waals surface area contributed by atoms with Crippen molar-refractivity contribution in [3.05, 3.63) is 24.3 Å². The van der Waals surface area contributed by atoms with Crippen LogP contribution < -0.4 is 9.64 Å². The lowest BCUT2D eigenvalue weighted by atomic mass is 10.3. The molecule has 0 aliphatic carbocycles. The van der Waals surface area contributed by atoms with Gasteiger partial charge in [-0.3, -0.25) is 0 Å². The number of benzene rings is 1. The first-order chi connectivity index (χ1) is 5.29. The van der Waals surface area contributed by atoms with Gasteiger partial charge < -0.3 is 9.64 Å². The van der Waals surface area contributed by atoms with E-state index in [9.17, 15) is 0 Å². The molecule has 0 bridgehead atoms. The SMILES string of the molecule is C[C@H]1Oc2ccccc2N1C. The van der Waals surface area contributed by atoms with Gasteiger partial charge in [0.05, 0.1) is 5.69 Å². The van der Waals surface area contributed by atoms with Crippen LogP contribution in [0, 0.1) is 0 Å². The minimum Gasteiger partial charge on any atom is -0.469 e. The molecule has 0 radical (unpaired) electrons. The van der Waals surface area contributed by atoms with E-state index >= 15 is 0 Å². The Hall–Kier alpha value is -1.18. The molecule has 0 N–H and O–H groups in total. The molecule has 1 aromatic carbocycles. The predicted molar refractivity (Wildman–Crippen MR) is 44.9 cm³/mol. The van der Waals surface area contributed by atoms with Crippen LogP contribution >= 0.6 is 0 Å². The number of anilines is 1. The Morgan fingerprint density at radius 1 is 1.36 bits per heavy atom. The molecule has 1 aliphatic heterocycles. The minimum absolute atomic E-state index is 0.174. The molecule has 1 aliphatic rings. The van der Waals surface area contributed by atoms with Crippen molar-refractivity contribution < 1.29 is 4.74 Å². The maximum absolute atomic E-state index is 5.54. The fraction of sp³-hybridized carbons (Fsp3) is 0.333. The van der Waals surface area contributed by atoms with Gasteiger partial charge in [0.2, 0.25) is 0 Å². The number of fused-ring (bicyclic) bond motifs is 1. The van der Waals surface area contributed by atoms with Crippen molar-refractivity contribution in [2.45, 2.75) is 13.2 Å². The molecular weight excluding hydrogens is 138 g/mol. The molecule has 2 nitrogen and oxygen atoms in total. The van der Waals surface area contributed by atoms with Gasteiger partial charge in [-0.25, -0.2) is 0 Å². The van der Waals surface area contributed by atoms with Gasteiger partial charge in [0.15, 0.2) is 6.23 Å². The summed E-state index contributed by atoms with van der Waals surface area (Å²) >= 11 is 0. The first-order valence-electron chi connectivity index (χ1n) is 3.77. The molecule has 2 heteroatoms. The Morgan fingerprint density at radius 2 is 2.09 bits per heavy atom. The quantitative estimate of drug-likeness (QED) is 0.558. The highest BCUT2D eigenvalue weighted by Crippen LogP contribution is 2.34. The van der Waals surface area contributed by atoms with Crippen LogP contribution in [0.15, 0.2) is 24.3 Å². The van der Waals surface area contributed by atoms with Crippen LogP contribution in [0.4, 0.5) is 5.69 Å². The topological polar surface area (TPSA) is 12.5 Å². The first kappa shape index (κ1) is 6.53. The summed E-state index contributed by atoms with van der Waals surface area (Å²) in [7, 11) is 2.04. The predicted octanol–water partition coefficient (Wildman–Crippen LogP) is 1.86. The molecule has 0 saturated carbocycles. The lowest BCUT2D eigenvalue weighted by Crippen LogP contribution is -2.26. The van der Waals surface area contributed by atoms with Crippen LogP contribution in [0.25, 0.3) is 0 Å². The lowest BCUT2D eigenvalue weighted by molar-refractivity contribution is 0.251. The van der Waals surface area contributed by atoms with Crippen molar-refractivity contribution >= 4 is 5.69 Å². The molecule has 58 valence electrons. The first-order valence-corrected chi connectivity index (χ1v) is 3.77. The van der Waals surface area contributed by atoms with Crippen LogP contribution in [0.1, 0.15) is 6.92 Å². The van der Waals surface area contributed by atoms with E-state index < -0.39 is 0 Å². The van der Waals surface area contributed by atoms with Gasteiger partial charge in [-0.1, -0.05) is 12.1 Å². The normalized spacial score (nSPS) is 21.3. The Morgan fingerprint density at radius 3 is 2.82 bits per heavy atom. The molecule has 0 spiro atoms. The molecule has 0 unspecified atom stereocenters. The monoisotopic (exact) mass is 149 g/mol. The average Bonchev–Trinajstić information content (AvgIpc) is 2.30. The highest BCUT2D eigenvalue weighted by atomic mass is 16.5. The maximum atomic E-state index is 5.54. The van der Waals surface area contributed by atoms with E-state index in [2.05, 4.69) is 11.0 Å². The number of ether oxygens (including phenoxy) is 1. The number of rotatable bonds is 0. The summed E-state index contributed by atoms with van der Waals surface area (Å²) in [4.78, 5) is 2.12. The summed E-state index contributed by atoms with van der Waals surface area (Å²) in [6.07, 6.45) is 0.174. The van der Waals surface area contributed by atoms with E-state index in [1.807, 2.05) is 32.2 Å². The van der Waals surface area contributed by atoms with E-state index in [1.165, 1.54) is 5.69 Å². The van der Waals surface area contributed by atoms with Crippen molar-refractivity contribution in [1.29, 1.82) is 0 Å². The lowest BCUT2D eigenvalue weighted by Gasteiger charge is -2.14. The van der Waals surface area contributed by atoms with Gasteiger partial charge in [0, 0.05) is 7.05 Å². The molecule has 0 aromatic heterocycles.